The van der Waals surface area contributed by atoms with Crippen LogP contribution in [0.15, 0.2) is 36.7 Å². The van der Waals surface area contributed by atoms with Gasteiger partial charge in [-0.3, -0.25) is 9.59 Å². The standard InChI is InChI=1S/C20H25ClN2O4/c1-14(2)13-23(10-7-19(24)27-4)20(25)15-11-16(21)17(12-18(15)26-3)22-8-5-6-9-22/h5-6,8-9,11-12,14H,7,10,13H2,1-4H3. The van der Waals surface area contributed by atoms with Gasteiger partial charge in [-0.25, -0.2) is 0 Å². The fourth-order valence-corrected chi connectivity index (χ4v) is 3.05. The van der Waals surface area contributed by atoms with E-state index in [4.69, 9.17) is 16.3 Å². The Morgan fingerprint density at radius 2 is 1.85 bits per heavy atom. The van der Waals surface area contributed by atoms with Crippen molar-refractivity contribution in [1.29, 1.82) is 0 Å². The molecular weight excluding hydrogens is 368 g/mol. The van der Waals surface area contributed by atoms with Gasteiger partial charge in [0.25, 0.3) is 5.91 Å². The summed E-state index contributed by atoms with van der Waals surface area (Å²) < 4.78 is 12.0. The minimum atomic E-state index is -0.357. The first-order valence-corrected chi connectivity index (χ1v) is 9.12. The molecule has 0 aliphatic rings. The van der Waals surface area contributed by atoms with Gasteiger partial charge in [-0.05, 0) is 24.1 Å². The molecule has 0 spiro atoms. The van der Waals surface area contributed by atoms with E-state index in [2.05, 4.69) is 4.74 Å². The molecule has 0 bridgehead atoms. The quantitative estimate of drug-likeness (QED) is 0.641. The van der Waals surface area contributed by atoms with Gasteiger partial charge in [0.2, 0.25) is 0 Å². The smallest absolute Gasteiger partial charge is 0.307 e. The molecular formula is C20H25ClN2O4. The van der Waals surface area contributed by atoms with E-state index in [9.17, 15) is 9.59 Å². The number of hydrogen-bond donors (Lipinski definition) is 0. The highest BCUT2D eigenvalue weighted by atomic mass is 35.5. The van der Waals surface area contributed by atoms with Crippen LogP contribution in [0.25, 0.3) is 5.69 Å². The van der Waals surface area contributed by atoms with Crippen molar-refractivity contribution in [2.45, 2.75) is 20.3 Å². The summed E-state index contributed by atoms with van der Waals surface area (Å²) >= 11 is 6.43. The minimum Gasteiger partial charge on any atom is -0.496 e. The molecule has 0 N–H and O–H groups in total. The lowest BCUT2D eigenvalue weighted by Crippen LogP contribution is -2.36. The third kappa shape index (κ3) is 5.26. The Labute approximate surface area is 164 Å². The van der Waals surface area contributed by atoms with Crippen molar-refractivity contribution < 1.29 is 19.1 Å². The normalized spacial score (nSPS) is 10.7. The number of esters is 1. The summed E-state index contributed by atoms with van der Waals surface area (Å²) in [7, 11) is 2.85. The second kappa shape index (κ2) is 9.46. The molecule has 0 fully saturated rings. The Kier molecular flexibility index (Phi) is 7.30. The molecule has 0 aliphatic carbocycles. The molecule has 27 heavy (non-hydrogen) atoms. The lowest BCUT2D eigenvalue weighted by atomic mass is 10.1. The summed E-state index contributed by atoms with van der Waals surface area (Å²) in [6.45, 7) is 4.80. The minimum absolute atomic E-state index is 0.131. The zero-order chi connectivity index (χ0) is 20.0. The van der Waals surface area contributed by atoms with Crippen LogP contribution in [-0.4, -0.2) is 48.7 Å². The van der Waals surface area contributed by atoms with Crippen LogP contribution in [-0.2, 0) is 9.53 Å². The topological polar surface area (TPSA) is 60.8 Å². The number of nitrogens with zero attached hydrogens (tertiary/aromatic N) is 2. The predicted molar refractivity (Wildman–Crippen MR) is 105 cm³/mol. The van der Waals surface area contributed by atoms with Crippen LogP contribution < -0.4 is 4.74 Å². The number of carbonyl (C=O) groups is 2. The predicted octanol–water partition coefficient (Wildman–Crippen LogP) is 3.80. The van der Waals surface area contributed by atoms with Crippen molar-refractivity contribution in [1.82, 2.24) is 9.47 Å². The summed E-state index contributed by atoms with van der Waals surface area (Å²) in [6.07, 6.45) is 3.86. The lowest BCUT2D eigenvalue weighted by molar-refractivity contribution is -0.140. The van der Waals surface area contributed by atoms with E-state index in [0.29, 0.717) is 22.9 Å². The molecule has 146 valence electrons. The molecule has 1 heterocycles. The highest BCUT2D eigenvalue weighted by Crippen LogP contribution is 2.31. The molecule has 0 saturated carbocycles. The van der Waals surface area contributed by atoms with Gasteiger partial charge in [0.1, 0.15) is 5.75 Å². The molecule has 1 aromatic carbocycles. The number of amides is 1. The number of benzene rings is 1. The third-order valence-electron chi connectivity index (χ3n) is 4.07. The maximum atomic E-state index is 13.1. The maximum absolute atomic E-state index is 13.1. The number of halogens is 1. The van der Waals surface area contributed by atoms with E-state index in [1.54, 1.807) is 17.0 Å². The van der Waals surface area contributed by atoms with Gasteiger partial charge in [-0.2, -0.15) is 0 Å². The Hall–Kier alpha value is -2.47. The number of carbonyl (C=O) groups excluding carboxylic acids is 2. The monoisotopic (exact) mass is 392 g/mol. The highest BCUT2D eigenvalue weighted by molar-refractivity contribution is 6.33. The Morgan fingerprint density at radius 1 is 1.19 bits per heavy atom. The lowest BCUT2D eigenvalue weighted by Gasteiger charge is -2.25. The second-order valence-corrected chi connectivity index (χ2v) is 6.97. The zero-order valence-electron chi connectivity index (χ0n) is 16.1. The molecule has 0 saturated heterocycles. The van der Waals surface area contributed by atoms with Gasteiger partial charge >= 0.3 is 5.97 Å². The van der Waals surface area contributed by atoms with Crippen molar-refractivity contribution in [3.63, 3.8) is 0 Å². The maximum Gasteiger partial charge on any atom is 0.307 e. The number of methoxy groups -OCH3 is 2. The Balaban J connectivity index is 2.36. The van der Waals surface area contributed by atoms with Crippen LogP contribution in [0.4, 0.5) is 0 Å². The number of rotatable bonds is 8. The molecule has 0 unspecified atom stereocenters. The largest absolute Gasteiger partial charge is 0.496 e. The number of aromatic nitrogens is 1. The first-order chi connectivity index (χ1) is 12.9. The van der Waals surface area contributed by atoms with Crippen LogP contribution in [0.3, 0.4) is 0 Å². The SMILES string of the molecule is COC(=O)CCN(CC(C)C)C(=O)c1cc(Cl)c(-n2cccc2)cc1OC. The molecule has 2 rings (SSSR count). The highest BCUT2D eigenvalue weighted by Gasteiger charge is 2.23. The average Bonchev–Trinajstić information content (AvgIpc) is 3.18. The van der Waals surface area contributed by atoms with Crippen molar-refractivity contribution in [3.8, 4) is 11.4 Å². The average molecular weight is 393 g/mol. The molecule has 2 aromatic rings. The number of hydrogen-bond acceptors (Lipinski definition) is 4. The van der Waals surface area contributed by atoms with Crippen LogP contribution in [0.2, 0.25) is 5.02 Å². The molecule has 7 heteroatoms. The summed E-state index contributed by atoms with van der Waals surface area (Å²) in [5.41, 5.74) is 1.09. The van der Waals surface area contributed by atoms with Crippen molar-refractivity contribution in [2.24, 2.45) is 5.92 Å². The van der Waals surface area contributed by atoms with E-state index in [1.165, 1.54) is 14.2 Å². The van der Waals surface area contributed by atoms with Crippen LogP contribution in [0.1, 0.15) is 30.6 Å². The van der Waals surface area contributed by atoms with E-state index in [-0.39, 0.29) is 30.8 Å². The summed E-state index contributed by atoms with van der Waals surface area (Å²) in [5, 5.41) is 0.438. The molecule has 0 atom stereocenters. The van der Waals surface area contributed by atoms with Gasteiger partial charge in [-0.15, -0.1) is 0 Å². The molecule has 6 nitrogen and oxygen atoms in total. The number of ether oxygens (including phenoxy) is 2. The summed E-state index contributed by atoms with van der Waals surface area (Å²) in [5.74, 6) is 0.0852. The van der Waals surface area contributed by atoms with Gasteiger partial charge in [0, 0.05) is 31.5 Å². The van der Waals surface area contributed by atoms with Crippen molar-refractivity contribution >= 4 is 23.5 Å². The van der Waals surface area contributed by atoms with Crippen molar-refractivity contribution in [3.05, 3.63) is 47.2 Å². The fourth-order valence-electron chi connectivity index (χ4n) is 2.79. The van der Waals surface area contributed by atoms with Crippen molar-refractivity contribution in [2.75, 3.05) is 27.3 Å². The van der Waals surface area contributed by atoms with E-state index in [1.807, 2.05) is 42.9 Å². The summed E-state index contributed by atoms with van der Waals surface area (Å²) in [4.78, 5) is 26.3. The van der Waals surface area contributed by atoms with E-state index >= 15 is 0 Å². The zero-order valence-corrected chi connectivity index (χ0v) is 16.8. The third-order valence-corrected chi connectivity index (χ3v) is 4.37. The first-order valence-electron chi connectivity index (χ1n) is 8.74. The van der Waals surface area contributed by atoms with Crippen LogP contribution in [0.5, 0.6) is 5.75 Å². The van der Waals surface area contributed by atoms with E-state index in [0.717, 1.165) is 5.69 Å². The Morgan fingerprint density at radius 3 is 2.41 bits per heavy atom. The summed E-state index contributed by atoms with van der Waals surface area (Å²) in [6, 6.07) is 7.13. The first kappa shape index (κ1) is 20.8. The van der Waals surface area contributed by atoms with Gasteiger partial charge in [0.15, 0.2) is 0 Å². The molecule has 0 aliphatic heterocycles. The van der Waals surface area contributed by atoms with E-state index < -0.39 is 0 Å². The van der Waals surface area contributed by atoms with Gasteiger partial charge in [-0.1, -0.05) is 25.4 Å². The van der Waals surface area contributed by atoms with Gasteiger partial charge in [0.05, 0.1) is 36.9 Å². The van der Waals surface area contributed by atoms with Gasteiger partial charge < -0.3 is 18.9 Å². The van der Waals surface area contributed by atoms with Crippen LogP contribution in [0, 0.1) is 5.92 Å². The van der Waals surface area contributed by atoms with Crippen LogP contribution >= 0.6 is 11.6 Å². The molecule has 0 radical (unpaired) electrons. The fraction of sp³-hybridized carbons (Fsp3) is 0.400. The molecule has 1 amide bonds. The Bertz CT molecular complexity index is 788. The second-order valence-electron chi connectivity index (χ2n) is 6.57. The molecule has 1 aromatic heterocycles.